The van der Waals surface area contributed by atoms with E-state index in [0.717, 1.165) is 17.7 Å². The fourth-order valence-corrected chi connectivity index (χ4v) is 3.12. The summed E-state index contributed by atoms with van der Waals surface area (Å²) < 4.78 is 49.9. The van der Waals surface area contributed by atoms with Crippen molar-refractivity contribution in [2.24, 2.45) is 0 Å². The Labute approximate surface area is 199 Å². The maximum absolute atomic E-state index is 12.9. The lowest BCUT2D eigenvalue weighted by Gasteiger charge is -2.13. The van der Waals surface area contributed by atoms with Crippen LogP contribution in [0.4, 0.5) is 18.9 Å². The van der Waals surface area contributed by atoms with E-state index in [9.17, 15) is 23.2 Å². The van der Waals surface area contributed by atoms with Crippen molar-refractivity contribution in [1.29, 1.82) is 5.26 Å². The van der Waals surface area contributed by atoms with Crippen LogP contribution in [0, 0.1) is 11.3 Å². The molecule has 34 heavy (non-hydrogen) atoms. The van der Waals surface area contributed by atoms with Crippen LogP contribution in [0.5, 0.6) is 11.5 Å². The SMILES string of the molecule is COc1ccc(/C=C(\C#N)C(=O)Nc2cccc(C(F)(F)F)c2)c(OCc2ccccc2Cl)c1. The maximum Gasteiger partial charge on any atom is 0.416 e. The number of hydrogen-bond donors (Lipinski definition) is 1. The summed E-state index contributed by atoms with van der Waals surface area (Å²) in [7, 11) is 1.48. The van der Waals surface area contributed by atoms with Crippen LogP contribution in [-0.2, 0) is 17.6 Å². The summed E-state index contributed by atoms with van der Waals surface area (Å²) in [5.41, 5.74) is -0.220. The third-order valence-corrected chi connectivity index (χ3v) is 5.04. The Bertz CT molecular complexity index is 1270. The molecule has 174 valence electrons. The predicted octanol–water partition coefficient (Wildman–Crippen LogP) is 6.49. The van der Waals surface area contributed by atoms with Crippen molar-refractivity contribution in [3.8, 4) is 17.6 Å². The van der Waals surface area contributed by atoms with Crippen molar-refractivity contribution in [3.05, 3.63) is 94.0 Å². The van der Waals surface area contributed by atoms with Crippen LogP contribution in [0.3, 0.4) is 0 Å². The number of nitrogens with zero attached hydrogens (tertiary/aromatic N) is 1. The summed E-state index contributed by atoms with van der Waals surface area (Å²) in [6.45, 7) is 0.117. The van der Waals surface area contributed by atoms with Gasteiger partial charge < -0.3 is 14.8 Å². The number of hydrogen-bond acceptors (Lipinski definition) is 4. The van der Waals surface area contributed by atoms with Gasteiger partial charge in [-0.3, -0.25) is 4.79 Å². The van der Waals surface area contributed by atoms with E-state index < -0.39 is 17.6 Å². The molecular formula is C25H18ClF3N2O3. The van der Waals surface area contributed by atoms with Crippen LogP contribution in [-0.4, -0.2) is 13.0 Å². The van der Waals surface area contributed by atoms with Gasteiger partial charge in [0.25, 0.3) is 5.91 Å². The van der Waals surface area contributed by atoms with Crippen molar-refractivity contribution in [1.82, 2.24) is 0 Å². The molecule has 0 aliphatic heterocycles. The average molecular weight is 487 g/mol. The van der Waals surface area contributed by atoms with Crippen molar-refractivity contribution < 1.29 is 27.4 Å². The normalized spacial score (nSPS) is 11.5. The fourth-order valence-electron chi connectivity index (χ4n) is 2.93. The monoisotopic (exact) mass is 486 g/mol. The van der Waals surface area contributed by atoms with Gasteiger partial charge in [-0.2, -0.15) is 18.4 Å². The molecule has 0 atom stereocenters. The van der Waals surface area contributed by atoms with Gasteiger partial charge in [-0.15, -0.1) is 0 Å². The van der Waals surface area contributed by atoms with Gasteiger partial charge in [0.2, 0.25) is 0 Å². The van der Waals surface area contributed by atoms with Crippen molar-refractivity contribution in [2.45, 2.75) is 12.8 Å². The highest BCUT2D eigenvalue weighted by molar-refractivity contribution is 6.31. The summed E-state index contributed by atoms with van der Waals surface area (Å²) in [6.07, 6.45) is -3.28. The number of anilines is 1. The van der Waals surface area contributed by atoms with Crippen molar-refractivity contribution in [2.75, 3.05) is 12.4 Å². The number of nitrogens with one attached hydrogen (secondary N) is 1. The summed E-state index contributed by atoms with van der Waals surface area (Å²) in [6, 6.07) is 17.8. The molecule has 0 aromatic heterocycles. The molecule has 3 aromatic rings. The van der Waals surface area contributed by atoms with Crippen LogP contribution >= 0.6 is 11.6 Å². The Morgan fingerprint density at radius 3 is 2.56 bits per heavy atom. The molecule has 0 fully saturated rings. The van der Waals surface area contributed by atoms with Gasteiger partial charge in [-0.1, -0.05) is 35.9 Å². The number of alkyl halides is 3. The first-order valence-corrected chi connectivity index (χ1v) is 10.2. The number of methoxy groups -OCH3 is 1. The van der Waals surface area contributed by atoms with Gasteiger partial charge in [0.1, 0.15) is 29.7 Å². The Kier molecular flexibility index (Phi) is 7.82. The van der Waals surface area contributed by atoms with Crippen molar-refractivity contribution in [3.63, 3.8) is 0 Å². The number of halogens is 4. The molecule has 3 aromatic carbocycles. The molecule has 0 bridgehead atoms. The number of carbonyl (C=O) groups excluding carboxylic acids is 1. The molecule has 9 heteroatoms. The molecule has 0 radical (unpaired) electrons. The highest BCUT2D eigenvalue weighted by atomic mass is 35.5. The van der Waals surface area contributed by atoms with E-state index in [1.807, 2.05) is 6.07 Å². The first-order valence-electron chi connectivity index (χ1n) is 9.86. The van der Waals surface area contributed by atoms with Gasteiger partial charge in [-0.25, -0.2) is 0 Å². The number of carbonyl (C=O) groups is 1. The number of benzene rings is 3. The molecule has 1 amide bonds. The predicted molar refractivity (Wildman–Crippen MR) is 122 cm³/mol. The van der Waals surface area contributed by atoms with Gasteiger partial charge in [0, 0.05) is 27.9 Å². The van der Waals surface area contributed by atoms with Crippen molar-refractivity contribution >= 4 is 29.3 Å². The molecular weight excluding hydrogens is 469 g/mol. The van der Waals surface area contributed by atoms with E-state index in [0.29, 0.717) is 22.1 Å². The van der Waals surface area contributed by atoms with E-state index in [1.54, 1.807) is 42.5 Å². The smallest absolute Gasteiger partial charge is 0.416 e. The first-order chi connectivity index (χ1) is 16.2. The highest BCUT2D eigenvalue weighted by Crippen LogP contribution is 2.31. The molecule has 1 N–H and O–H groups in total. The van der Waals surface area contributed by atoms with Gasteiger partial charge >= 0.3 is 6.18 Å². The van der Waals surface area contributed by atoms with Crippen LogP contribution < -0.4 is 14.8 Å². The minimum absolute atomic E-state index is 0.0918. The molecule has 0 unspecified atom stereocenters. The van der Waals surface area contributed by atoms with E-state index in [1.165, 1.54) is 25.3 Å². The second kappa shape index (κ2) is 10.8. The van der Waals surface area contributed by atoms with E-state index >= 15 is 0 Å². The Morgan fingerprint density at radius 2 is 1.88 bits per heavy atom. The third-order valence-electron chi connectivity index (χ3n) is 4.67. The van der Waals surface area contributed by atoms with Crippen LogP contribution in [0.1, 0.15) is 16.7 Å². The third kappa shape index (κ3) is 6.30. The second-order valence-corrected chi connectivity index (χ2v) is 7.39. The topological polar surface area (TPSA) is 71.3 Å². The Morgan fingerprint density at radius 1 is 1.12 bits per heavy atom. The zero-order valence-electron chi connectivity index (χ0n) is 17.8. The highest BCUT2D eigenvalue weighted by Gasteiger charge is 2.30. The minimum Gasteiger partial charge on any atom is -0.497 e. The largest absolute Gasteiger partial charge is 0.497 e. The quantitative estimate of drug-likeness (QED) is 0.306. The summed E-state index contributed by atoms with van der Waals surface area (Å²) in [5, 5.41) is 12.3. The second-order valence-electron chi connectivity index (χ2n) is 6.99. The molecule has 0 saturated carbocycles. The van der Waals surface area contributed by atoms with Gasteiger partial charge in [-0.05, 0) is 42.5 Å². The fraction of sp³-hybridized carbons (Fsp3) is 0.120. The average Bonchev–Trinajstić information content (AvgIpc) is 2.82. The molecule has 0 aliphatic rings. The summed E-state index contributed by atoms with van der Waals surface area (Å²) in [5.74, 6) is -0.0631. The zero-order valence-corrected chi connectivity index (χ0v) is 18.6. The Hall–Kier alpha value is -3.96. The Balaban J connectivity index is 1.86. The van der Waals surface area contributed by atoms with E-state index in [-0.39, 0.29) is 17.9 Å². The van der Waals surface area contributed by atoms with E-state index in [2.05, 4.69) is 5.32 Å². The lowest BCUT2D eigenvalue weighted by molar-refractivity contribution is -0.137. The molecule has 5 nitrogen and oxygen atoms in total. The molecule has 0 saturated heterocycles. The molecule has 0 aliphatic carbocycles. The minimum atomic E-state index is -4.56. The van der Waals surface area contributed by atoms with Crippen LogP contribution in [0.2, 0.25) is 5.02 Å². The summed E-state index contributed by atoms with van der Waals surface area (Å²) >= 11 is 6.17. The summed E-state index contributed by atoms with van der Waals surface area (Å²) in [4.78, 5) is 12.6. The molecule has 0 heterocycles. The zero-order chi connectivity index (χ0) is 24.7. The van der Waals surface area contributed by atoms with Gasteiger partial charge in [0.05, 0.1) is 12.7 Å². The van der Waals surface area contributed by atoms with E-state index in [4.69, 9.17) is 21.1 Å². The van der Waals surface area contributed by atoms with Crippen LogP contribution in [0.25, 0.3) is 6.08 Å². The lowest BCUT2D eigenvalue weighted by atomic mass is 10.1. The van der Waals surface area contributed by atoms with Crippen LogP contribution in [0.15, 0.2) is 72.3 Å². The lowest BCUT2D eigenvalue weighted by Crippen LogP contribution is -2.14. The first kappa shape index (κ1) is 24.7. The maximum atomic E-state index is 12.9. The number of amides is 1. The number of rotatable bonds is 7. The number of nitriles is 1. The molecule has 0 spiro atoms. The molecule has 3 rings (SSSR count). The number of ether oxygens (including phenoxy) is 2. The van der Waals surface area contributed by atoms with Gasteiger partial charge in [0.15, 0.2) is 0 Å². The standard InChI is InChI=1S/C25H18ClF3N2O3/c1-33-21-10-9-16(23(13-21)34-15-17-5-2-3-8-22(17)26)11-18(14-30)24(32)31-20-7-4-6-19(12-20)25(27,28)29/h2-13H,15H2,1H3,(H,31,32)/b18-11+.